The molecule has 0 fully saturated rings. The van der Waals surface area contributed by atoms with E-state index < -0.39 is 20.0 Å². The fourth-order valence-electron chi connectivity index (χ4n) is 8.40. The lowest BCUT2D eigenvalue weighted by molar-refractivity contribution is -0.870. The minimum Gasteiger partial charge on any atom is -0.756 e. The van der Waals surface area contributed by atoms with Gasteiger partial charge in [-0.15, -0.1) is 0 Å². The van der Waals surface area contributed by atoms with Gasteiger partial charge in [-0.2, -0.15) is 0 Å². The molecule has 0 aliphatic heterocycles. The van der Waals surface area contributed by atoms with Crippen molar-refractivity contribution in [2.45, 2.75) is 290 Å². The molecule has 3 atom stereocenters. The Kier molecular flexibility index (Phi) is 47.0. The maximum absolute atomic E-state index is 13.5. The lowest BCUT2D eigenvalue weighted by Crippen LogP contribution is -2.47. The number of hydrogen-bond donors (Lipinski definition) is 1. The zero-order valence-electron chi connectivity index (χ0n) is 45.1. The van der Waals surface area contributed by atoms with Gasteiger partial charge in [-0.3, -0.25) is 14.2 Å². The molecule has 9 nitrogen and oxygen atoms in total. The summed E-state index contributed by atoms with van der Waals surface area (Å²) >= 11 is 0. The van der Waals surface area contributed by atoms with E-state index in [2.05, 4.69) is 38.2 Å². The van der Waals surface area contributed by atoms with Crippen molar-refractivity contribution in [3.05, 3.63) is 24.3 Å². The van der Waals surface area contributed by atoms with E-state index in [4.69, 9.17) is 13.8 Å². The van der Waals surface area contributed by atoms with E-state index in [0.717, 1.165) is 70.6 Å². The highest BCUT2D eigenvalue weighted by atomic mass is 31.2. The largest absolute Gasteiger partial charge is 0.756 e. The minimum atomic E-state index is -4.69. The van der Waals surface area contributed by atoms with Gasteiger partial charge in [-0.1, -0.05) is 232 Å². The number of nitrogens with zero attached hydrogens (tertiary/aromatic N) is 1. The summed E-state index contributed by atoms with van der Waals surface area (Å²) in [7, 11) is 1.19. The Morgan fingerprint density at radius 3 is 1.28 bits per heavy atom. The van der Waals surface area contributed by atoms with Gasteiger partial charge >= 0.3 is 5.97 Å². The van der Waals surface area contributed by atoms with Gasteiger partial charge in [-0.25, -0.2) is 0 Å². The molecule has 0 heterocycles. The van der Waals surface area contributed by atoms with Crippen LogP contribution in [0, 0.1) is 0 Å². The van der Waals surface area contributed by atoms with Crippen LogP contribution in [-0.2, 0) is 27.9 Å². The Morgan fingerprint density at radius 2 is 0.866 bits per heavy atom. The topological polar surface area (TPSA) is 114 Å². The molecule has 0 saturated heterocycles. The van der Waals surface area contributed by atoms with Crippen molar-refractivity contribution in [3.63, 3.8) is 0 Å². The third kappa shape index (κ3) is 49.3. The summed E-state index contributed by atoms with van der Waals surface area (Å²) < 4.78 is 30.2. The van der Waals surface area contributed by atoms with Crippen LogP contribution in [0.5, 0.6) is 0 Å². The van der Waals surface area contributed by atoms with E-state index in [1.807, 2.05) is 33.3 Å². The third-order valence-corrected chi connectivity index (χ3v) is 13.8. The van der Waals surface area contributed by atoms with Gasteiger partial charge in [0.2, 0.25) is 5.91 Å². The Bertz CT molecular complexity index is 1210. The second-order valence-electron chi connectivity index (χ2n) is 20.8. The van der Waals surface area contributed by atoms with Gasteiger partial charge in [0.1, 0.15) is 19.3 Å². The maximum Gasteiger partial charge on any atom is 0.306 e. The average Bonchev–Trinajstić information content (AvgIpc) is 3.28. The maximum atomic E-state index is 13.5. The predicted molar refractivity (Wildman–Crippen MR) is 284 cm³/mol. The number of amides is 1. The third-order valence-electron chi connectivity index (χ3n) is 12.9. The van der Waals surface area contributed by atoms with E-state index in [1.54, 1.807) is 0 Å². The molecule has 0 rings (SSSR count). The first-order valence-electron chi connectivity index (χ1n) is 28.6. The number of ether oxygens (including phenoxy) is 1. The van der Waals surface area contributed by atoms with Crippen molar-refractivity contribution in [3.8, 4) is 0 Å². The van der Waals surface area contributed by atoms with Crippen molar-refractivity contribution in [1.82, 2.24) is 5.32 Å². The second kappa shape index (κ2) is 48.1. The predicted octanol–water partition coefficient (Wildman–Crippen LogP) is 16.4. The molecule has 1 amide bonds. The van der Waals surface area contributed by atoms with Crippen molar-refractivity contribution in [2.75, 3.05) is 40.9 Å². The first-order chi connectivity index (χ1) is 32.4. The normalized spacial score (nSPS) is 14.0. The fraction of sp³-hybridized carbons (Fsp3) is 0.895. The van der Waals surface area contributed by atoms with Crippen LogP contribution in [0.2, 0.25) is 0 Å². The quantitative estimate of drug-likeness (QED) is 0.0212. The van der Waals surface area contributed by atoms with Crippen LogP contribution in [0.15, 0.2) is 24.3 Å². The molecule has 396 valence electrons. The summed E-state index contributed by atoms with van der Waals surface area (Å²) in [6, 6.07) is -0.882. The van der Waals surface area contributed by atoms with E-state index in [1.165, 1.54) is 173 Å². The highest BCUT2D eigenvalue weighted by molar-refractivity contribution is 7.45. The van der Waals surface area contributed by atoms with Crippen LogP contribution in [0.25, 0.3) is 0 Å². The molecule has 3 unspecified atom stereocenters. The Morgan fingerprint density at radius 1 is 0.507 bits per heavy atom. The zero-order chi connectivity index (χ0) is 49.4. The highest BCUT2D eigenvalue weighted by Gasteiger charge is 2.27. The van der Waals surface area contributed by atoms with Gasteiger partial charge in [0.15, 0.2) is 0 Å². The number of rotatable bonds is 52. The van der Waals surface area contributed by atoms with Gasteiger partial charge in [-0.05, 0) is 57.4 Å². The lowest BCUT2D eigenvalue weighted by atomic mass is 10.0. The van der Waals surface area contributed by atoms with Crippen LogP contribution in [0.4, 0.5) is 0 Å². The summed E-state index contributed by atoms with van der Waals surface area (Å²) in [6.07, 6.45) is 54.2. The van der Waals surface area contributed by atoms with Gasteiger partial charge in [0.25, 0.3) is 7.82 Å². The van der Waals surface area contributed by atoms with Crippen LogP contribution in [-0.4, -0.2) is 69.4 Å². The lowest BCUT2D eigenvalue weighted by Gasteiger charge is -2.30. The monoisotopic (exact) mass is 967 g/mol. The van der Waals surface area contributed by atoms with Crippen LogP contribution in [0.3, 0.4) is 0 Å². The molecule has 10 heteroatoms. The number of nitrogens with one attached hydrogen (secondary N) is 1. The SMILES string of the molecule is CCCCCC/C=C\CCCCCCCCCC(=O)OC(/C=C/CCCCCCCCCCC)C(COP(=O)([O-])OCC[N+](C)(C)C)NC(=O)CCCCCCCCCCCCCCCCC. The number of carbonyl (C=O) groups excluding carboxylic acids is 2. The smallest absolute Gasteiger partial charge is 0.306 e. The summed E-state index contributed by atoms with van der Waals surface area (Å²) in [6.45, 7) is 6.84. The number of allylic oxidation sites excluding steroid dienone is 3. The summed E-state index contributed by atoms with van der Waals surface area (Å²) in [4.78, 5) is 39.8. The Balaban J connectivity index is 5.31. The standard InChI is InChI=1S/C57H111N2O7P/c1-7-10-13-16-19-22-25-27-29-31-34-37-40-43-46-49-56(60)58-54(53-65-67(62,63)64-52-51-59(4,5)6)55(48-45-42-39-36-33-24-21-18-15-12-9-3)66-57(61)50-47-44-41-38-35-32-30-28-26-23-20-17-14-11-8-2/h23,26,45,48,54-55H,7-22,24-25,27-44,46-47,49-53H2,1-6H3,(H-,58,60,62,63)/b26-23-,48-45+. The molecule has 0 aliphatic carbocycles. The second-order valence-corrected chi connectivity index (χ2v) is 22.2. The number of phosphoric ester groups is 1. The number of unbranched alkanes of at least 4 members (excludes halogenated alkanes) is 34. The molecule has 67 heavy (non-hydrogen) atoms. The number of carbonyl (C=O) groups is 2. The highest BCUT2D eigenvalue weighted by Crippen LogP contribution is 2.38. The first kappa shape index (κ1) is 65.5. The Hall–Kier alpha value is -1.51. The first-order valence-corrected chi connectivity index (χ1v) is 30.1. The van der Waals surface area contributed by atoms with E-state index in [-0.39, 0.29) is 31.5 Å². The molecular formula is C57H111N2O7P. The number of esters is 1. The van der Waals surface area contributed by atoms with Gasteiger partial charge < -0.3 is 28.5 Å². The van der Waals surface area contributed by atoms with Crippen molar-refractivity contribution >= 4 is 19.7 Å². The molecule has 0 saturated carbocycles. The molecule has 0 radical (unpaired) electrons. The summed E-state index contributed by atoms with van der Waals surface area (Å²) in [5, 5.41) is 3.02. The van der Waals surface area contributed by atoms with E-state index in [9.17, 15) is 19.0 Å². The van der Waals surface area contributed by atoms with Gasteiger partial charge in [0.05, 0.1) is 33.8 Å². The zero-order valence-corrected chi connectivity index (χ0v) is 46.0. The van der Waals surface area contributed by atoms with Crippen LogP contribution < -0.4 is 10.2 Å². The van der Waals surface area contributed by atoms with Crippen molar-refractivity contribution in [1.29, 1.82) is 0 Å². The number of likely N-dealkylation sites (N-methyl/N-ethyl adjacent to an activating group) is 1. The molecule has 0 aliphatic rings. The van der Waals surface area contributed by atoms with Crippen LogP contribution in [0.1, 0.15) is 278 Å². The van der Waals surface area contributed by atoms with E-state index in [0.29, 0.717) is 17.4 Å². The van der Waals surface area contributed by atoms with Crippen molar-refractivity contribution < 1.29 is 37.3 Å². The average molecular weight is 967 g/mol. The van der Waals surface area contributed by atoms with Crippen molar-refractivity contribution in [2.24, 2.45) is 0 Å². The molecule has 0 aromatic heterocycles. The fourth-order valence-corrected chi connectivity index (χ4v) is 9.12. The molecule has 0 aromatic rings. The molecular weight excluding hydrogens is 856 g/mol. The minimum absolute atomic E-state index is 0.0197. The van der Waals surface area contributed by atoms with Gasteiger partial charge in [0, 0.05) is 12.8 Å². The molecule has 0 spiro atoms. The number of quaternary nitrogens is 1. The Labute approximate surface area is 415 Å². The van der Waals surface area contributed by atoms with Crippen LogP contribution >= 0.6 is 7.82 Å². The molecule has 1 N–H and O–H groups in total. The number of hydrogen-bond acceptors (Lipinski definition) is 7. The molecule has 0 aromatic carbocycles. The molecule has 0 bridgehead atoms. The van der Waals surface area contributed by atoms with E-state index >= 15 is 0 Å². The number of phosphoric acid groups is 1. The summed E-state index contributed by atoms with van der Waals surface area (Å²) in [5.74, 6) is -0.535. The summed E-state index contributed by atoms with van der Waals surface area (Å²) in [5.41, 5.74) is 0.